The van der Waals surface area contributed by atoms with E-state index in [1.807, 2.05) is 32.0 Å². The Morgan fingerprint density at radius 3 is 2.71 bits per heavy atom. The summed E-state index contributed by atoms with van der Waals surface area (Å²) in [7, 11) is 1.34. The van der Waals surface area contributed by atoms with Gasteiger partial charge in [-0.05, 0) is 42.7 Å². The maximum atomic E-state index is 12.3. The van der Waals surface area contributed by atoms with Crippen molar-refractivity contribution < 1.29 is 27.9 Å². The second-order valence-electron chi connectivity index (χ2n) is 5.81. The zero-order valence-corrected chi connectivity index (χ0v) is 15.9. The van der Waals surface area contributed by atoms with E-state index >= 15 is 0 Å². The van der Waals surface area contributed by atoms with Gasteiger partial charge in [0.05, 0.1) is 13.3 Å². The van der Waals surface area contributed by atoms with Gasteiger partial charge in [0.2, 0.25) is 0 Å². The zero-order chi connectivity index (χ0) is 20.5. The van der Waals surface area contributed by atoms with E-state index in [9.17, 15) is 13.6 Å². The highest BCUT2D eigenvalue weighted by Crippen LogP contribution is 2.29. The second-order valence-corrected chi connectivity index (χ2v) is 5.81. The lowest BCUT2D eigenvalue weighted by molar-refractivity contribution is -0.120. The number of anilines is 1. The minimum Gasteiger partial charge on any atom is -0.493 e. The predicted octanol–water partition coefficient (Wildman–Crippen LogP) is 4.16. The number of carbonyl (C=O) groups is 1. The summed E-state index contributed by atoms with van der Waals surface area (Å²) in [5, 5.41) is 6.55. The Kier molecular flexibility index (Phi) is 7.74. The molecule has 150 valence electrons. The van der Waals surface area contributed by atoms with E-state index in [-0.39, 0.29) is 24.0 Å². The van der Waals surface area contributed by atoms with E-state index < -0.39 is 6.61 Å². The van der Waals surface area contributed by atoms with E-state index in [4.69, 9.17) is 9.57 Å². The SMILES string of the molecule is CCc1cccc(C)c1NC(=O)CO/N=C\c1ccc(OC(F)F)c(OC)c1. The molecule has 6 nitrogen and oxygen atoms in total. The summed E-state index contributed by atoms with van der Waals surface area (Å²) in [4.78, 5) is 17.1. The topological polar surface area (TPSA) is 69.2 Å². The van der Waals surface area contributed by atoms with E-state index in [0.29, 0.717) is 5.56 Å². The number of aryl methyl sites for hydroxylation is 2. The van der Waals surface area contributed by atoms with E-state index in [0.717, 1.165) is 23.2 Å². The van der Waals surface area contributed by atoms with E-state index in [2.05, 4.69) is 15.2 Å². The third kappa shape index (κ3) is 5.94. The number of carbonyl (C=O) groups excluding carboxylic acids is 1. The van der Waals surface area contributed by atoms with Crippen molar-refractivity contribution in [2.75, 3.05) is 19.0 Å². The van der Waals surface area contributed by atoms with Gasteiger partial charge < -0.3 is 19.6 Å². The van der Waals surface area contributed by atoms with Crippen molar-refractivity contribution >= 4 is 17.8 Å². The quantitative estimate of drug-likeness (QED) is 0.514. The fourth-order valence-electron chi connectivity index (χ4n) is 2.53. The largest absolute Gasteiger partial charge is 0.493 e. The molecule has 1 N–H and O–H groups in total. The maximum Gasteiger partial charge on any atom is 0.387 e. The Balaban J connectivity index is 1.92. The number of halogens is 2. The normalized spacial score (nSPS) is 10.9. The van der Waals surface area contributed by atoms with Gasteiger partial charge in [0.25, 0.3) is 5.91 Å². The average Bonchev–Trinajstić information content (AvgIpc) is 2.67. The number of nitrogens with one attached hydrogen (secondary N) is 1. The highest BCUT2D eigenvalue weighted by Gasteiger charge is 2.11. The van der Waals surface area contributed by atoms with Crippen LogP contribution in [0, 0.1) is 6.92 Å². The minimum atomic E-state index is -2.95. The van der Waals surface area contributed by atoms with Gasteiger partial charge in [-0.1, -0.05) is 30.3 Å². The summed E-state index contributed by atoms with van der Waals surface area (Å²) in [5.41, 5.74) is 3.32. The Hall–Kier alpha value is -3.16. The van der Waals surface area contributed by atoms with Gasteiger partial charge in [-0.3, -0.25) is 4.79 Å². The lowest BCUT2D eigenvalue weighted by atomic mass is 10.1. The summed E-state index contributed by atoms with van der Waals surface area (Å²) in [6.07, 6.45) is 2.14. The maximum absolute atomic E-state index is 12.3. The standard InChI is InChI=1S/C20H22F2N2O4/c1-4-15-7-5-6-13(2)19(15)24-18(25)12-27-23-11-14-8-9-16(28-20(21)22)17(10-14)26-3/h5-11,20H,4,12H2,1-3H3,(H,24,25)/b23-11-. The average molecular weight is 392 g/mol. The molecule has 8 heteroatoms. The highest BCUT2D eigenvalue weighted by molar-refractivity contribution is 5.93. The van der Waals surface area contributed by atoms with E-state index in [1.54, 1.807) is 0 Å². The van der Waals surface area contributed by atoms with Crippen LogP contribution in [0.25, 0.3) is 0 Å². The molecule has 0 saturated heterocycles. The van der Waals surface area contributed by atoms with Crippen molar-refractivity contribution in [3.05, 3.63) is 53.1 Å². The van der Waals surface area contributed by atoms with E-state index in [1.165, 1.54) is 31.5 Å². The molecule has 2 aromatic carbocycles. The molecular weight excluding hydrogens is 370 g/mol. The number of methoxy groups -OCH3 is 1. The first-order valence-corrected chi connectivity index (χ1v) is 8.61. The minimum absolute atomic E-state index is 0.0834. The van der Waals surface area contributed by atoms with Gasteiger partial charge in [-0.25, -0.2) is 0 Å². The summed E-state index contributed by atoms with van der Waals surface area (Å²) in [5.74, 6) is -0.284. The van der Waals surface area contributed by atoms with Crippen LogP contribution in [0.3, 0.4) is 0 Å². The smallest absolute Gasteiger partial charge is 0.387 e. The molecule has 0 spiro atoms. The molecule has 2 rings (SSSR count). The molecule has 0 atom stereocenters. The number of oxime groups is 1. The Bertz CT molecular complexity index is 841. The summed E-state index contributed by atoms with van der Waals surface area (Å²) < 4.78 is 34.0. The number of hydrogen-bond donors (Lipinski definition) is 1. The molecule has 0 aliphatic heterocycles. The number of para-hydroxylation sites is 1. The van der Waals surface area contributed by atoms with Crippen LogP contribution >= 0.6 is 0 Å². The number of benzene rings is 2. The lowest BCUT2D eigenvalue weighted by Crippen LogP contribution is -2.18. The molecule has 0 aliphatic rings. The molecule has 0 saturated carbocycles. The Labute approximate surface area is 162 Å². The highest BCUT2D eigenvalue weighted by atomic mass is 19.3. The fourth-order valence-corrected chi connectivity index (χ4v) is 2.53. The molecular formula is C20H22F2N2O4. The molecule has 0 bridgehead atoms. The molecule has 1 amide bonds. The number of rotatable bonds is 9. The van der Waals surface area contributed by atoms with Crippen molar-refractivity contribution in [2.24, 2.45) is 5.16 Å². The molecule has 0 radical (unpaired) electrons. The molecule has 0 heterocycles. The van der Waals surface area contributed by atoms with Crippen molar-refractivity contribution in [2.45, 2.75) is 26.9 Å². The first kappa shape index (κ1) is 21.1. The fraction of sp³-hybridized carbons (Fsp3) is 0.300. The first-order valence-electron chi connectivity index (χ1n) is 8.61. The van der Waals surface area contributed by atoms with Gasteiger partial charge >= 0.3 is 6.61 Å². The molecule has 0 aromatic heterocycles. The van der Waals surface area contributed by atoms with Gasteiger partial charge in [-0.2, -0.15) is 8.78 Å². The Morgan fingerprint density at radius 1 is 1.25 bits per heavy atom. The number of hydrogen-bond acceptors (Lipinski definition) is 5. The van der Waals surface area contributed by atoms with Crippen molar-refractivity contribution in [3.8, 4) is 11.5 Å². The van der Waals surface area contributed by atoms with Crippen LogP contribution in [-0.4, -0.2) is 32.4 Å². The molecule has 0 fully saturated rings. The van der Waals surface area contributed by atoms with Crippen LogP contribution in [0.4, 0.5) is 14.5 Å². The summed E-state index contributed by atoms with van der Waals surface area (Å²) in [6, 6.07) is 10.1. The predicted molar refractivity (Wildman–Crippen MR) is 102 cm³/mol. The number of alkyl halides is 2. The monoisotopic (exact) mass is 392 g/mol. The van der Waals surface area contributed by atoms with Crippen molar-refractivity contribution in [3.63, 3.8) is 0 Å². The van der Waals surface area contributed by atoms with Crippen LogP contribution in [0.5, 0.6) is 11.5 Å². The summed E-state index contributed by atoms with van der Waals surface area (Å²) in [6.45, 7) is 0.717. The number of nitrogens with zero attached hydrogens (tertiary/aromatic N) is 1. The third-order valence-corrected chi connectivity index (χ3v) is 3.88. The van der Waals surface area contributed by atoms with Crippen LogP contribution in [0.15, 0.2) is 41.6 Å². The van der Waals surface area contributed by atoms with Crippen LogP contribution in [0.2, 0.25) is 0 Å². The second kappa shape index (κ2) is 10.2. The van der Waals surface area contributed by atoms with Gasteiger partial charge in [0.1, 0.15) is 0 Å². The van der Waals surface area contributed by atoms with Crippen molar-refractivity contribution in [1.29, 1.82) is 0 Å². The van der Waals surface area contributed by atoms with Crippen LogP contribution in [0.1, 0.15) is 23.6 Å². The third-order valence-electron chi connectivity index (χ3n) is 3.88. The molecule has 0 aliphatic carbocycles. The van der Waals surface area contributed by atoms with Crippen LogP contribution in [-0.2, 0) is 16.1 Å². The first-order chi connectivity index (χ1) is 13.4. The van der Waals surface area contributed by atoms with Gasteiger partial charge in [0.15, 0.2) is 18.1 Å². The molecule has 2 aromatic rings. The molecule has 0 unspecified atom stereocenters. The molecule has 28 heavy (non-hydrogen) atoms. The van der Waals surface area contributed by atoms with Crippen LogP contribution < -0.4 is 14.8 Å². The zero-order valence-electron chi connectivity index (χ0n) is 15.9. The summed E-state index contributed by atoms with van der Waals surface area (Å²) >= 11 is 0. The Morgan fingerprint density at radius 2 is 2.04 bits per heavy atom. The van der Waals surface area contributed by atoms with Crippen molar-refractivity contribution in [1.82, 2.24) is 0 Å². The lowest BCUT2D eigenvalue weighted by Gasteiger charge is -2.12. The number of amides is 1. The van der Waals surface area contributed by atoms with Gasteiger partial charge in [-0.15, -0.1) is 0 Å². The van der Waals surface area contributed by atoms with Gasteiger partial charge in [0, 0.05) is 11.3 Å². The number of ether oxygens (including phenoxy) is 2.